The lowest BCUT2D eigenvalue weighted by Gasteiger charge is -2.31. The molecule has 0 aliphatic carbocycles. The van der Waals surface area contributed by atoms with Crippen molar-refractivity contribution < 1.29 is 13.9 Å². The fraction of sp³-hybridized carbons (Fsp3) is 0.421. The topological polar surface area (TPSA) is 31.4 Å². The van der Waals surface area contributed by atoms with Crippen LogP contribution in [0, 0.1) is 11.2 Å². The number of rotatable bonds is 5. The van der Waals surface area contributed by atoms with Crippen LogP contribution in [0.4, 0.5) is 4.39 Å². The van der Waals surface area contributed by atoms with Crippen LogP contribution in [-0.4, -0.2) is 19.2 Å². The van der Waals surface area contributed by atoms with Gasteiger partial charge < -0.3 is 9.47 Å². The van der Waals surface area contributed by atoms with Gasteiger partial charge in [0.1, 0.15) is 5.82 Å². The minimum Gasteiger partial charge on any atom is -0.481 e. The van der Waals surface area contributed by atoms with Crippen LogP contribution in [0.3, 0.4) is 0 Å². The number of aromatic nitrogens is 1. The molecular weight excluding hydrogens is 329 g/mol. The van der Waals surface area contributed by atoms with Gasteiger partial charge in [0, 0.05) is 24.6 Å². The van der Waals surface area contributed by atoms with E-state index in [1.54, 1.807) is 13.2 Å². The van der Waals surface area contributed by atoms with E-state index in [1.807, 2.05) is 18.2 Å². The van der Waals surface area contributed by atoms with Crippen molar-refractivity contribution in [2.24, 2.45) is 5.41 Å². The van der Waals surface area contributed by atoms with Crippen molar-refractivity contribution in [2.75, 3.05) is 14.2 Å². The van der Waals surface area contributed by atoms with Crippen molar-refractivity contribution in [3.8, 4) is 17.0 Å². The van der Waals surface area contributed by atoms with Crippen molar-refractivity contribution >= 4 is 11.6 Å². The van der Waals surface area contributed by atoms with Gasteiger partial charge in [-0.1, -0.05) is 39.0 Å². The maximum atomic E-state index is 14.4. The molecule has 2 aromatic rings. The van der Waals surface area contributed by atoms with Crippen molar-refractivity contribution in [1.29, 1.82) is 0 Å². The average molecular weight is 352 g/mol. The molecule has 0 amide bonds. The molecule has 0 saturated heterocycles. The third-order valence-electron chi connectivity index (χ3n) is 3.90. The van der Waals surface area contributed by atoms with Crippen molar-refractivity contribution in [3.63, 3.8) is 0 Å². The Bertz CT molecular complexity index is 713. The van der Waals surface area contributed by atoms with Crippen molar-refractivity contribution in [2.45, 2.75) is 32.8 Å². The van der Waals surface area contributed by atoms with E-state index in [1.165, 1.54) is 13.3 Å². The predicted molar refractivity (Wildman–Crippen MR) is 94.9 cm³/mol. The number of halogens is 2. The van der Waals surface area contributed by atoms with Gasteiger partial charge in [-0.05, 0) is 22.1 Å². The lowest BCUT2D eigenvalue weighted by molar-refractivity contribution is 0.0155. The highest BCUT2D eigenvalue weighted by Crippen LogP contribution is 2.41. The Kier molecular flexibility index (Phi) is 5.83. The monoisotopic (exact) mass is 351 g/mol. The largest absolute Gasteiger partial charge is 0.481 e. The minimum atomic E-state index is -0.403. The Balaban J connectivity index is 2.70. The zero-order valence-electron chi connectivity index (χ0n) is 14.7. The summed E-state index contributed by atoms with van der Waals surface area (Å²) in [5.74, 6) is 0.346. The van der Waals surface area contributed by atoms with Gasteiger partial charge in [0.25, 0.3) is 0 Å². The molecule has 0 aliphatic rings. The van der Waals surface area contributed by atoms with Crippen LogP contribution < -0.4 is 4.74 Å². The smallest absolute Gasteiger partial charge is 0.213 e. The lowest BCUT2D eigenvalue weighted by atomic mass is 9.81. The predicted octanol–water partition coefficient (Wildman–Crippen LogP) is 5.37. The minimum absolute atomic E-state index is 0.165. The van der Waals surface area contributed by atoms with E-state index in [9.17, 15) is 4.39 Å². The first-order valence-electron chi connectivity index (χ1n) is 7.73. The highest BCUT2D eigenvalue weighted by molar-refractivity contribution is 6.17. The summed E-state index contributed by atoms with van der Waals surface area (Å²) in [5, 5.41) is 0. The molecule has 1 aromatic carbocycles. The van der Waals surface area contributed by atoms with E-state index in [0.717, 1.165) is 16.7 Å². The first-order valence-corrected chi connectivity index (χ1v) is 8.26. The SMILES string of the molecule is COc1cc(-c2ccc(CCl)cc2[C@@H](OC)C(C)(C)C)c(F)cn1. The van der Waals surface area contributed by atoms with E-state index >= 15 is 0 Å². The quantitative estimate of drug-likeness (QED) is 0.679. The van der Waals surface area contributed by atoms with Gasteiger partial charge in [-0.15, -0.1) is 11.6 Å². The van der Waals surface area contributed by atoms with Crippen molar-refractivity contribution in [3.05, 3.63) is 47.4 Å². The van der Waals surface area contributed by atoms with Crippen LogP contribution in [0.15, 0.2) is 30.5 Å². The van der Waals surface area contributed by atoms with Crippen LogP contribution >= 0.6 is 11.6 Å². The van der Waals surface area contributed by atoms with Crippen LogP contribution in [-0.2, 0) is 10.6 Å². The second-order valence-corrected chi connectivity index (χ2v) is 7.01. The number of pyridine rings is 1. The standard InChI is InChI=1S/C19H23ClFNO2/c1-19(2,3)18(24-5)15-8-12(10-20)6-7-13(15)14-9-17(23-4)22-11-16(14)21/h6-9,11,18H,10H2,1-5H3/t18-/m1/s1. The van der Waals surface area contributed by atoms with Gasteiger partial charge in [0.05, 0.1) is 19.4 Å². The highest BCUT2D eigenvalue weighted by Gasteiger charge is 2.29. The molecule has 130 valence electrons. The van der Waals surface area contributed by atoms with E-state index < -0.39 is 5.82 Å². The molecule has 0 N–H and O–H groups in total. The van der Waals surface area contributed by atoms with Gasteiger partial charge in [0.2, 0.25) is 5.88 Å². The van der Waals surface area contributed by atoms with Gasteiger partial charge in [-0.3, -0.25) is 0 Å². The molecule has 1 aromatic heterocycles. The molecule has 0 radical (unpaired) electrons. The number of methoxy groups -OCH3 is 2. The normalized spacial score (nSPS) is 13.0. The Labute approximate surface area is 147 Å². The molecule has 0 unspecified atom stereocenters. The van der Waals surface area contributed by atoms with Crippen LogP contribution in [0.5, 0.6) is 5.88 Å². The molecule has 1 heterocycles. The average Bonchev–Trinajstić information content (AvgIpc) is 2.55. The van der Waals surface area contributed by atoms with E-state index in [2.05, 4.69) is 25.8 Å². The fourth-order valence-electron chi connectivity index (χ4n) is 2.84. The number of benzene rings is 1. The second-order valence-electron chi connectivity index (χ2n) is 6.74. The molecule has 0 bridgehead atoms. The zero-order valence-corrected chi connectivity index (χ0v) is 15.4. The molecular formula is C19H23ClFNO2. The number of hydrogen-bond acceptors (Lipinski definition) is 3. The maximum Gasteiger partial charge on any atom is 0.213 e. The zero-order chi connectivity index (χ0) is 17.9. The number of ether oxygens (including phenoxy) is 2. The highest BCUT2D eigenvalue weighted by atomic mass is 35.5. The first-order chi connectivity index (χ1) is 11.3. The third-order valence-corrected chi connectivity index (χ3v) is 4.21. The molecule has 0 spiro atoms. The number of hydrogen-bond donors (Lipinski definition) is 0. The van der Waals surface area contributed by atoms with Crippen LogP contribution in [0.25, 0.3) is 11.1 Å². The molecule has 0 fully saturated rings. The number of nitrogens with zero attached hydrogens (tertiary/aromatic N) is 1. The Hall–Kier alpha value is -1.65. The summed E-state index contributed by atoms with van der Waals surface area (Å²) in [4.78, 5) is 3.91. The molecule has 0 aliphatic heterocycles. The van der Waals surface area contributed by atoms with Gasteiger partial charge in [-0.2, -0.15) is 0 Å². The Morgan fingerprint density at radius 3 is 2.42 bits per heavy atom. The fourth-order valence-corrected chi connectivity index (χ4v) is 3.01. The maximum absolute atomic E-state index is 14.4. The summed E-state index contributed by atoms with van der Waals surface area (Å²) in [6.07, 6.45) is 0.959. The van der Waals surface area contributed by atoms with E-state index in [0.29, 0.717) is 17.3 Å². The van der Waals surface area contributed by atoms with Crippen molar-refractivity contribution in [1.82, 2.24) is 4.98 Å². The molecule has 2 rings (SSSR count). The Morgan fingerprint density at radius 1 is 1.17 bits per heavy atom. The second kappa shape index (κ2) is 7.49. The summed E-state index contributed by atoms with van der Waals surface area (Å²) in [6.45, 7) is 6.26. The molecule has 5 heteroatoms. The van der Waals surface area contributed by atoms with E-state index in [-0.39, 0.29) is 11.5 Å². The molecule has 24 heavy (non-hydrogen) atoms. The van der Waals surface area contributed by atoms with Gasteiger partial charge >= 0.3 is 0 Å². The van der Waals surface area contributed by atoms with E-state index in [4.69, 9.17) is 21.1 Å². The van der Waals surface area contributed by atoms with Crippen LogP contribution in [0.2, 0.25) is 0 Å². The third kappa shape index (κ3) is 3.87. The first kappa shape index (κ1) is 18.7. The summed E-state index contributed by atoms with van der Waals surface area (Å²) in [7, 11) is 3.17. The Morgan fingerprint density at radius 2 is 1.88 bits per heavy atom. The van der Waals surface area contributed by atoms with Crippen LogP contribution in [0.1, 0.15) is 38.0 Å². The van der Waals surface area contributed by atoms with Gasteiger partial charge in [-0.25, -0.2) is 9.37 Å². The number of alkyl halides is 1. The van der Waals surface area contributed by atoms with Gasteiger partial charge in [0.15, 0.2) is 0 Å². The summed E-state index contributed by atoms with van der Waals surface area (Å²) in [6, 6.07) is 7.36. The summed E-state index contributed by atoms with van der Waals surface area (Å²) in [5.41, 5.74) is 2.88. The summed E-state index contributed by atoms with van der Waals surface area (Å²) >= 11 is 5.99. The molecule has 1 atom stereocenters. The molecule has 3 nitrogen and oxygen atoms in total. The molecule has 0 saturated carbocycles. The summed E-state index contributed by atoms with van der Waals surface area (Å²) < 4.78 is 25.3. The lowest BCUT2D eigenvalue weighted by Crippen LogP contribution is -2.21.